The fourth-order valence-corrected chi connectivity index (χ4v) is 8.00. The summed E-state index contributed by atoms with van der Waals surface area (Å²) in [4.78, 5) is 38.2. The van der Waals surface area contributed by atoms with Crippen LogP contribution < -0.4 is 14.5 Å². The van der Waals surface area contributed by atoms with Gasteiger partial charge in [0.1, 0.15) is 35.4 Å². The van der Waals surface area contributed by atoms with Crippen LogP contribution in [0.4, 0.5) is 25.5 Å². The number of imidazole rings is 1. The number of carbonyl (C=O) groups excluding carboxylic acids is 1. The van der Waals surface area contributed by atoms with Gasteiger partial charge in [-0.05, 0) is 41.4 Å². The molecule has 0 saturated carbocycles. The molecule has 8 rings (SSSR count). The molecule has 0 unspecified atom stereocenters. The Morgan fingerprint density at radius 2 is 1.73 bits per heavy atom. The number of thiazole rings is 1. The lowest BCUT2D eigenvalue weighted by atomic mass is 10.2. The largest absolute Gasteiger partial charge is 0.497 e. The Balaban J connectivity index is 1.17. The van der Waals surface area contributed by atoms with E-state index >= 15 is 4.39 Å². The SMILES string of the molecule is COc1ccc(CN(Cc2nc3c(F)c(F)ccc3n2COCC[Si](C)C)c2nc(N3CCN(C(=O)OCc4ccccc4)CC3)nc3c(-c4nccs4)cnn23)cc1. The monoisotopic (exact) mass is 837 g/mol. The number of hydrogen-bond donors (Lipinski definition) is 0. The molecule has 1 saturated heterocycles. The number of piperazine rings is 1. The number of anilines is 2. The maximum absolute atomic E-state index is 15.4. The number of amides is 1. The van der Waals surface area contributed by atoms with Gasteiger partial charge in [0.05, 0.1) is 30.9 Å². The van der Waals surface area contributed by atoms with Crippen molar-refractivity contribution in [2.75, 3.05) is 49.7 Å². The van der Waals surface area contributed by atoms with Gasteiger partial charge in [-0.15, -0.1) is 11.3 Å². The van der Waals surface area contributed by atoms with Crippen LogP contribution in [0, 0.1) is 11.6 Å². The van der Waals surface area contributed by atoms with E-state index in [-0.39, 0.29) is 31.5 Å². The number of benzene rings is 3. The van der Waals surface area contributed by atoms with Gasteiger partial charge in [0.15, 0.2) is 17.3 Å². The molecule has 7 aromatic rings. The molecule has 0 aliphatic carbocycles. The Morgan fingerprint density at radius 1 is 0.932 bits per heavy atom. The van der Waals surface area contributed by atoms with E-state index in [1.54, 1.807) is 33.5 Å². The molecular weight excluding hydrogens is 795 g/mol. The van der Waals surface area contributed by atoms with Gasteiger partial charge in [0.25, 0.3) is 0 Å². The molecule has 1 radical (unpaired) electrons. The van der Waals surface area contributed by atoms with Crippen LogP contribution in [0.2, 0.25) is 19.1 Å². The average molecular weight is 838 g/mol. The van der Waals surface area contributed by atoms with E-state index in [4.69, 9.17) is 34.3 Å². The second-order valence-electron chi connectivity index (χ2n) is 14.4. The standard InChI is InChI=1S/C41H43F2N10O4SSi/c1-55-30-11-9-28(10-12-30)24-51(25-34-46-36-33(14-13-32(42)35(36)43)52(34)27-56-20-22-59(2)3)40-48-39(47-37-31(23-45-53(37)40)38-44-15-21-58-38)49-16-18-50(19-17-49)41(54)57-26-29-7-5-4-6-8-29/h4-15,21,23H,16-20,22,24-27H2,1-3H3. The highest BCUT2D eigenvalue weighted by Gasteiger charge is 2.28. The van der Waals surface area contributed by atoms with Crippen LogP contribution in [-0.4, -0.2) is 93.8 Å². The zero-order chi connectivity index (χ0) is 40.9. The van der Waals surface area contributed by atoms with Crippen molar-refractivity contribution in [3.63, 3.8) is 0 Å². The van der Waals surface area contributed by atoms with Crippen molar-refractivity contribution in [2.45, 2.75) is 45.6 Å². The molecule has 0 N–H and O–H groups in total. The molecule has 0 atom stereocenters. The third-order valence-corrected chi connectivity index (χ3v) is 12.0. The number of carbonyl (C=O) groups is 1. The molecule has 1 fully saturated rings. The van der Waals surface area contributed by atoms with Crippen LogP contribution in [0.3, 0.4) is 0 Å². The molecule has 1 aliphatic rings. The minimum Gasteiger partial charge on any atom is -0.497 e. The first-order valence-electron chi connectivity index (χ1n) is 19.2. The Hall–Kier alpha value is -5.98. The average Bonchev–Trinajstić information content (AvgIpc) is 4.03. The fourth-order valence-electron chi connectivity index (χ4n) is 6.80. The van der Waals surface area contributed by atoms with Crippen molar-refractivity contribution >= 4 is 54.8 Å². The first-order chi connectivity index (χ1) is 28.7. The van der Waals surface area contributed by atoms with Gasteiger partial charge in [-0.2, -0.15) is 19.6 Å². The van der Waals surface area contributed by atoms with Gasteiger partial charge in [-0.3, -0.25) is 0 Å². The Morgan fingerprint density at radius 3 is 2.46 bits per heavy atom. The molecule has 1 amide bonds. The minimum atomic E-state index is -1.02. The second kappa shape index (κ2) is 17.9. The van der Waals surface area contributed by atoms with Gasteiger partial charge in [-0.1, -0.05) is 55.6 Å². The van der Waals surface area contributed by atoms with E-state index in [2.05, 4.69) is 18.1 Å². The van der Waals surface area contributed by atoms with E-state index in [0.717, 1.165) is 33.8 Å². The summed E-state index contributed by atoms with van der Waals surface area (Å²) < 4.78 is 50.6. The van der Waals surface area contributed by atoms with Crippen LogP contribution >= 0.6 is 11.3 Å². The first kappa shape index (κ1) is 39.8. The van der Waals surface area contributed by atoms with Gasteiger partial charge < -0.3 is 33.5 Å². The lowest BCUT2D eigenvalue weighted by Crippen LogP contribution is -2.49. The highest BCUT2D eigenvalue weighted by atomic mass is 32.1. The van der Waals surface area contributed by atoms with Crippen molar-refractivity contribution in [1.29, 1.82) is 0 Å². The molecule has 0 spiro atoms. The van der Waals surface area contributed by atoms with Crippen LogP contribution in [0.25, 0.3) is 27.3 Å². The number of fused-ring (bicyclic) bond motifs is 2. The summed E-state index contributed by atoms with van der Waals surface area (Å²) >= 11 is 1.47. The predicted molar refractivity (Wildman–Crippen MR) is 223 cm³/mol. The van der Waals surface area contributed by atoms with Crippen LogP contribution in [-0.2, 0) is 35.9 Å². The molecule has 18 heteroatoms. The summed E-state index contributed by atoms with van der Waals surface area (Å²) in [5.41, 5.74) is 3.43. The van der Waals surface area contributed by atoms with Gasteiger partial charge in [-0.25, -0.2) is 23.5 Å². The van der Waals surface area contributed by atoms with E-state index in [0.29, 0.717) is 74.0 Å². The molecule has 4 aromatic heterocycles. The molecule has 14 nitrogen and oxygen atoms in total. The molecule has 1 aliphatic heterocycles. The van der Waals surface area contributed by atoms with Crippen molar-refractivity contribution < 1.29 is 27.8 Å². The number of aromatic nitrogens is 7. The number of methoxy groups -OCH3 is 1. The van der Waals surface area contributed by atoms with Gasteiger partial charge in [0.2, 0.25) is 11.9 Å². The molecule has 5 heterocycles. The van der Waals surface area contributed by atoms with E-state index in [1.807, 2.05) is 69.8 Å². The third kappa shape index (κ3) is 8.89. The number of halogens is 2. The Labute approximate surface area is 345 Å². The summed E-state index contributed by atoms with van der Waals surface area (Å²) in [5, 5.41) is 7.42. The molecule has 3 aromatic carbocycles. The highest BCUT2D eigenvalue weighted by molar-refractivity contribution is 7.13. The summed E-state index contributed by atoms with van der Waals surface area (Å²) in [5.74, 6) is 0.0158. The van der Waals surface area contributed by atoms with Gasteiger partial charge in [0, 0.05) is 59.7 Å². The summed E-state index contributed by atoms with van der Waals surface area (Å²) in [6.45, 7) is 7.38. The lowest BCUT2D eigenvalue weighted by Gasteiger charge is -2.34. The zero-order valence-electron chi connectivity index (χ0n) is 32.9. The maximum atomic E-state index is 15.4. The first-order valence-corrected chi connectivity index (χ1v) is 22.8. The summed E-state index contributed by atoms with van der Waals surface area (Å²) in [6.07, 6.45) is 3.07. The molecule has 0 bridgehead atoms. The lowest BCUT2D eigenvalue weighted by molar-refractivity contribution is 0.0882. The van der Waals surface area contributed by atoms with Crippen LogP contribution in [0.1, 0.15) is 17.0 Å². The number of ether oxygens (including phenoxy) is 3. The van der Waals surface area contributed by atoms with Crippen LogP contribution in [0.15, 0.2) is 84.5 Å². The van der Waals surface area contributed by atoms with Gasteiger partial charge >= 0.3 is 6.09 Å². The predicted octanol–water partition coefficient (Wildman–Crippen LogP) is 7.28. The van der Waals surface area contributed by atoms with Crippen molar-refractivity contribution in [2.24, 2.45) is 0 Å². The molecule has 305 valence electrons. The molecular formula is C41H43F2N10O4SSi. The van der Waals surface area contributed by atoms with Crippen molar-refractivity contribution in [3.05, 3.63) is 113 Å². The number of rotatable bonds is 15. The summed E-state index contributed by atoms with van der Waals surface area (Å²) in [7, 11) is 1.08. The van der Waals surface area contributed by atoms with E-state index in [9.17, 15) is 9.18 Å². The highest BCUT2D eigenvalue weighted by Crippen LogP contribution is 2.31. The summed E-state index contributed by atoms with van der Waals surface area (Å²) in [6, 6.07) is 20.8. The topological polar surface area (TPSA) is 128 Å². The van der Waals surface area contributed by atoms with E-state index < -0.39 is 20.4 Å². The van der Waals surface area contributed by atoms with Crippen molar-refractivity contribution in [3.8, 4) is 16.3 Å². The zero-order valence-corrected chi connectivity index (χ0v) is 34.7. The third-order valence-electron chi connectivity index (χ3n) is 10.0. The smallest absolute Gasteiger partial charge is 0.410 e. The van der Waals surface area contributed by atoms with Crippen molar-refractivity contribution in [1.82, 2.24) is 39.0 Å². The second-order valence-corrected chi connectivity index (χ2v) is 18.2. The quantitative estimate of drug-likeness (QED) is 0.0764. The Bertz CT molecular complexity index is 2510. The number of hydrogen-bond acceptors (Lipinski definition) is 12. The normalized spacial score (nSPS) is 13.2. The molecule has 59 heavy (non-hydrogen) atoms. The number of nitrogens with zero attached hydrogens (tertiary/aromatic N) is 10. The maximum Gasteiger partial charge on any atom is 0.410 e. The Kier molecular flexibility index (Phi) is 12.1. The fraction of sp³-hybridized carbons (Fsp3) is 0.317. The van der Waals surface area contributed by atoms with Crippen LogP contribution in [0.5, 0.6) is 5.75 Å². The minimum absolute atomic E-state index is 0.0810. The van der Waals surface area contributed by atoms with E-state index in [1.165, 1.54) is 17.4 Å².